The van der Waals surface area contributed by atoms with E-state index in [9.17, 15) is 13.2 Å². The van der Waals surface area contributed by atoms with E-state index in [0.717, 1.165) is 16.5 Å². The third kappa shape index (κ3) is 4.53. The van der Waals surface area contributed by atoms with E-state index in [1.54, 1.807) is 43.0 Å². The van der Waals surface area contributed by atoms with Crippen molar-refractivity contribution < 1.29 is 17.9 Å². The number of hydrogen-bond acceptors (Lipinski definition) is 8. The molecule has 1 amide bonds. The van der Waals surface area contributed by atoms with Gasteiger partial charge in [-0.3, -0.25) is 14.4 Å². The van der Waals surface area contributed by atoms with Crippen LogP contribution in [0.4, 0.5) is 10.8 Å². The molecule has 0 bridgehead atoms. The van der Waals surface area contributed by atoms with E-state index in [-0.39, 0.29) is 12.3 Å². The minimum Gasteiger partial charge on any atom is -0.476 e. The molecule has 3 rings (SSSR count). The van der Waals surface area contributed by atoms with Crippen LogP contribution >= 0.6 is 23.1 Å². The maximum absolute atomic E-state index is 12.6. The average Bonchev–Trinajstić information content (AvgIpc) is 3.12. The summed E-state index contributed by atoms with van der Waals surface area (Å²) >= 11 is 2.86. The largest absolute Gasteiger partial charge is 0.476 e. The normalized spacial score (nSPS) is 16.5. The Kier molecular flexibility index (Phi) is 6.22. The predicted octanol–water partition coefficient (Wildman–Crippen LogP) is 2.60. The second kappa shape index (κ2) is 8.44. The first-order chi connectivity index (χ1) is 12.9. The molecule has 8 nitrogen and oxygen atoms in total. The molecule has 0 saturated carbocycles. The van der Waals surface area contributed by atoms with E-state index in [0.29, 0.717) is 16.6 Å². The van der Waals surface area contributed by atoms with Gasteiger partial charge in [0.15, 0.2) is 10.4 Å². The lowest BCUT2D eigenvalue weighted by atomic mass is 10.2. The number of thioether (sulfide) groups is 1. The number of carbonyl (C=O) groups is 1. The Balaban J connectivity index is 1.77. The SMILES string of the molecule is CCCSc1nnc(NC(=O)C2CN(S(=O)(=O)CC)c3ccccc3O2)s1. The Labute approximate surface area is 166 Å². The monoisotopic (exact) mass is 428 g/mol. The number of anilines is 2. The number of carbonyl (C=O) groups excluding carboxylic acids is 1. The molecule has 11 heteroatoms. The molecule has 1 N–H and O–H groups in total. The molecule has 0 spiro atoms. The second-order valence-electron chi connectivity index (χ2n) is 5.72. The number of benzene rings is 1. The van der Waals surface area contributed by atoms with E-state index < -0.39 is 22.0 Å². The highest BCUT2D eigenvalue weighted by atomic mass is 32.2. The summed E-state index contributed by atoms with van der Waals surface area (Å²) in [4.78, 5) is 12.6. The lowest BCUT2D eigenvalue weighted by Gasteiger charge is -2.34. The third-order valence-corrected chi connectivity index (χ3v) is 7.72. The minimum absolute atomic E-state index is 0.0654. The van der Waals surface area contributed by atoms with Gasteiger partial charge in [-0.2, -0.15) is 0 Å². The van der Waals surface area contributed by atoms with Crippen LogP contribution in [-0.4, -0.2) is 48.7 Å². The molecule has 2 heterocycles. The molecule has 0 fully saturated rings. The van der Waals surface area contributed by atoms with E-state index in [4.69, 9.17) is 4.74 Å². The topological polar surface area (TPSA) is 101 Å². The molecule has 1 aromatic heterocycles. The Hall–Kier alpha value is -1.85. The van der Waals surface area contributed by atoms with Crippen molar-refractivity contribution in [2.24, 2.45) is 0 Å². The molecule has 27 heavy (non-hydrogen) atoms. The molecule has 1 aliphatic heterocycles. The number of rotatable bonds is 7. The van der Waals surface area contributed by atoms with Crippen LogP contribution in [0.1, 0.15) is 20.3 Å². The van der Waals surface area contributed by atoms with Gasteiger partial charge in [-0.1, -0.05) is 42.2 Å². The summed E-state index contributed by atoms with van der Waals surface area (Å²) in [7, 11) is -3.54. The molecular weight excluding hydrogens is 408 g/mol. The van der Waals surface area contributed by atoms with Gasteiger partial charge in [0.1, 0.15) is 5.75 Å². The van der Waals surface area contributed by atoms with Gasteiger partial charge in [-0.15, -0.1) is 10.2 Å². The fraction of sp³-hybridized carbons (Fsp3) is 0.438. The number of para-hydroxylation sites is 2. The van der Waals surface area contributed by atoms with Crippen LogP contribution in [0.5, 0.6) is 5.75 Å². The van der Waals surface area contributed by atoms with Crippen molar-refractivity contribution in [1.29, 1.82) is 0 Å². The number of nitrogens with zero attached hydrogens (tertiary/aromatic N) is 3. The Bertz CT molecular complexity index is 916. The maximum atomic E-state index is 12.6. The zero-order valence-corrected chi connectivity index (χ0v) is 17.4. The number of nitrogens with one attached hydrogen (secondary N) is 1. The molecule has 2 aromatic rings. The van der Waals surface area contributed by atoms with E-state index >= 15 is 0 Å². The van der Waals surface area contributed by atoms with Gasteiger partial charge < -0.3 is 4.74 Å². The summed E-state index contributed by atoms with van der Waals surface area (Å²) < 4.78 is 32.7. The van der Waals surface area contributed by atoms with Crippen LogP contribution in [-0.2, 0) is 14.8 Å². The Morgan fingerprint density at radius 3 is 2.89 bits per heavy atom. The van der Waals surface area contributed by atoms with Gasteiger partial charge >= 0.3 is 0 Å². The zero-order chi connectivity index (χ0) is 19.4. The molecule has 146 valence electrons. The Morgan fingerprint density at radius 1 is 1.37 bits per heavy atom. The summed E-state index contributed by atoms with van der Waals surface area (Å²) in [6, 6.07) is 6.78. The summed E-state index contributed by atoms with van der Waals surface area (Å²) in [6.45, 7) is 3.56. The summed E-state index contributed by atoms with van der Waals surface area (Å²) in [5.74, 6) is 0.764. The van der Waals surface area contributed by atoms with Crippen molar-refractivity contribution in [1.82, 2.24) is 10.2 Å². The molecule has 1 atom stereocenters. The number of hydrogen-bond donors (Lipinski definition) is 1. The fourth-order valence-electron chi connectivity index (χ4n) is 2.45. The second-order valence-corrected chi connectivity index (χ2v) is 10.2. The molecule has 1 aromatic carbocycles. The lowest BCUT2D eigenvalue weighted by molar-refractivity contribution is -0.122. The van der Waals surface area contributed by atoms with Crippen LogP contribution in [0, 0.1) is 0 Å². The third-order valence-electron chi connectivity index (χ3n) is 3.79. The van der Waals surface area contributed by atoms with Gasteiger partial charge in [-0.25, -0.2) is 8.42 Å². The van der Waals surface area contributed by atoms with Gasteiger partial charge in [0.05, 0.1) is 18.0 Å². The first-order valence-corrected chi connectivity index (χ1v) is 11.9. The lowest BCUT2D eigenvalue weighted by Crippen LogP contribution is -2.49. The highest BCUT2D eigenvalue weighted by Gasteiger charge is 2.36. The van der Waals surface area contributed by atoms with Crippen LogP contribution < -0.4 is 14.4 Å². The standard InChI is InChI=1S/C16H20N4O4S3/c1-3-9-25-16-19-18-15(26-16)17-14(21)13-10-20(27(22,23)4-2)11-7-5-6-8-12(11)24-13/h5-8,13H,3-4,9-10H2,1-2H3,(H,17,18,21). The van der Waals surface area contributed by atoms with Gasteiger partial charge in [0.25, 0.3) is 5.91 Å². The fourth-order valence-corrected chi connectivity index (χ4v) is 5.26. The summed E-state index contributed by atoms with van der Waals surface area (Å²) in [6.07, 6.45) is 0.0417. The van der Waals surface area contributed by atoms with Crippen molar-refractivity contribution in [2.45, 2.75) is 30.7 Å². The first-order valence-electron chi connectivity index (χ1n) is 8.48. The number of fused-ring (bicyclic) bond motifs is 1. The average molecular weight is 429 g/mol. The van der Waals surface area contributed by atoms with E-state index in [1.807, 2.05) is 0 Å². The van der Waals surface area contributed by atoms with E-state index in [1.165, 1.54) is 15.6 Å². The van der Waals surface area contributed by atoms with Gasteiger partial charge in [-0.05, 0) is 25.5 Å². The van der Waals surface area contributed by atoms with Gasteiger partial charge in [0, 0.05) is 5.75 Å². The van der Waals surface area contributed by atoms with Crippen molar-refractivity contribution in [3.05, 3.63) is 24.3 Å². The van der Waals surface area contributed by atoms with Crippen LogP contribution in [0.15, 0.2) is 28.6 Å². The molecule has 0 aliphatic carbocycles. The maximum Gasteiger partial charge on any atom is 0.269 e. The quantitative estimate of drug-likeness (QED) is 0.534. The number of sulfonamides is 1. The van der Waals surface area contributed by atoms with Crippen LogP contribution in [0.2, 0.25) is 0 Å². The number of aromatic nitrogens is 2. The predicted molar refractivity (Wildman–Crippen MR) is 107 cm³/mol. The summed E-state index contributed by atoms with van der Waals surface area (Å²) in [5.41, 5.74) is 0.442. The summed E-state index contributed by atoms with van der Waals surface area (Å²) in [5, 5.41) is 11.0. The smallest absolute Gasteiger partial charge is 0.269 e. The Morgan fingerprint density at radius 2 is 2.15 bits per heavy atom. The zero-order valence-electron chi connectivity index (χ0n) is 14.9. The van der Waals surface area contributed by atoms with Crippen molar-refractivity contribution >= 4 is 49.8 Å². The van der Waals surface area contributed by atoms with Crippen LogP contribution in [0.3, 0.4) is 0 Å². The number of ether oxygens (including phenoxy) is 1. The highest BCUT2D eigenvalue weighted by molar-refractivity contribution is 8.01. The minimum atomic E-state index is -3.54. The van der Waals surface area contributed by atoms with Crippen molar-refractivity contribution in [3.8, 4) is 5.75 Å². The first kappa shape index (κ1) is 19.9. The van der Waals surface area contributed by atoms with E-state index in [2.05, 4.69) is 22.4 Å². The highest BCUT2D eigenvalue weighted by Crippen LogP contribution is 2.35. The molecule has 0 saturated heterocycles. The van der Waals surface area contributed by atoms with Crippen molar-refractivity contribution in [2.75, 3.05) is 27.7 Å². The number of amides is 1. The molecule has 0 radical (unpaired) electrons. The molecular formula is C16H20N4O4S3. The van der Waals surface area contributed by atoms with Gasteiger partial charge in [0.2, 0.25) is 15.2 Å². The van der Waals surface area contributed by atoms with Crippen LogP contribution in [0.25, 0.3) is 0 Å². The molecule has 1 unspecified atom stereocenters. The molecule has 1 aliphatic rings. The van der Waals surface area contributed by atoms with Crippen molar-refractivity contribution in [3.63, 3.8) is 0 Å².